The second kappa shape index (κ2) is 10.3. The predicted molar refractivity (Wildman–Crippen MR) is 156 cm³/mol. The first-order valence-electron chi connectivity index (χ1n) is 11.3. The van der Waals surface area contributed by atoms with Gasteiger partial charge in [-0.1, -0.05) is 6.07 Å². The van der Waals surface area contributed by atoms with Gasteiger partial charge < -0.3 is 10.6 Å². The summed E-state index contributed by atoms with van der Waals surface area (Å²) in [6.45, 7) is 1.90. The number of amides is 1. The van der Waals surface area contributed by atoms with Crippen molar-refractivity contribution in [1.82, 2.24) is 24.1 Å². The molecule has 0 saturated heterocycles. The van der Waals surface area contributed by atoms with E-state index >= 15 is 0 Å². The molecule has 37 heavy (non-hydrogen) atoms. The van der Waals surface area contributed by atoms with Gasteiger partial charge in [0.2, 0.25) is 5.91 Å². The summed E-state index contributed by atoms with van der Waals surface area (Å²) < 4.78 is 31.3. The third-order valence-electron chi connectivity index (χ3n) is 6.20. The van der Waals surface area contributed by atoms with Crippen molar-refractivity contribution in [2.24, 2.45) is 13.0 Å². The van der Waals surface area contributed by atoms with Gasteiger partial charge in [0, 0.05) is 38.2 Å². The molecule has 1 fully saturated rings. The molecular formula is C23H25FIN8O2PS. The highest BCUT2D eigenvalue weighted by Gasteiger charge is 2.43. The van der Waals surface area contributed by atoms with Crippen molar-refractivity contribution in [3.05, 3.63) is 42.5 Å². The number of rotatable bonds is 8. The number of nitrogens with zero attached hydrogens (tertiary/aromatic N) is 6. The smallest absolute Gasteiger partial charge is 0.231 e. The van der Waals surface area contributed by atoms with Crippen LogP contribution in [0, 0.1) is 12.8 Å². The summed E-state index contributed by atoms with van der Waals surface area (Å²) in [5, 5.41) is 10.4. The molecule has 1 saturated carbocycles. The summed E-state index contributed by atoms with van der Waals surface area (Å²) in [6, 6.07) is 7.52. The number of aromatic nitrogens is 5. The number of imidazole rings is 1. The number of carbonyl (C=O) groups is 1. The molecule has 3 heterocycles. The molecule has 4 atom stereocenters. The van der Waals surface area contributed by atoms with E-state index < -0.39 is 23.1 Å². The Bertz CT molecular complexity index is 1540. The van der Waals surface area contributed by atoms with Crippen LogP contribution in [0.15, 0.2) is 36.7 Å². The number of hydrogen-bond donors (Lipinski definition) is 2. The Kier molecular flexibility index (Phi) is 7.20. The number of pyridine rings is 1. The van der Waals surface area contributed by atoms with Crippen LogP contribution in [0.25, 0.3) is 22.3 Å². The van der Waals surface area contributed by atoms with Gasteiger partial charge >= 0.3 is 0 Å². The summed E-state index contributed by atoms with van der Waals surface area (Å²) in [6.07, 6.45) is 4.78. The number of alkyl halides is 1. The molecule has 194 valence electrons. The maximum absolute atomic E-state index is 13.5. The Morgan fingerprint density at radius 2 is 2.03 bits per heavy atom. The van der Waals surface area contributed by atoms with Gasteiger partial charge in [-0.2, -0.15) is 5.10 Å². The summed E-state index contributed by atoms with van der Waals surface area (Å²) in [4.78, 5) is 21.8. The molecule has 1 aliphatic rings. The van der Waals surface area contributed by atoms with Crippen molar-refractivity contribution in [1.29, 1.82) is 0 Å². The minimum absolute atomic E-state index is 0.235. The molecule has 5 rings (SSSR count). The van der Waals surface area contributed by atoms with Crippen LogP contribution >= 0.6 is 28.4 Å². The molecule has 0 spiro atoms. The number of fused-ring (bicyclic) bond motifs is 1. The number of halogens is 2. The number of anilines is 4. The van der Waals surface area contributed by atoms with Gasteiger partial charge in [-0.25, -0.2) is 18.6 Å². The molecule has 0 bridgehead atoms. The van der Waals surface area contributed by atoms with Gasteiger partial charge in [0.1, 0.15) is 34.3 Å². The molecule has 0 radical (unpaired) electrons. The van der Waals surface area contributed by atoms with Gasteiger partial charge in [-0.05, 0) is 53.1 Å². The van der Waals surface area contributed by atoms with Crippen LogP contribution in [-0.2, 0) is 22.8 Å². The van der Waals surface area contributed by atoms with E-state index in [-0.39, 0.29) is 12.3 Å². The highest BCUT2D eigenvalue weighted by atomic mass is 127. The van der Waals surface area contributed by atoms with E-state index in [0.717, 1.165) is 17.0 Å². The first-order valence-corrected chi connectivity index (χ1v) is 16.9. The fourth-order valence-electron chi connectivity index (χ4n) is 4.00. The van der Waals surface area contributed by atoms with Crippen LogP contribution in [0.4, 0.5) is 27.3 Å². The average molecular weight is 654 g/mol. The van der Waals surface area contributed by atoms with E-state index in [2.05, 4.69) is 42.8 Å². The zero-order valence-corrected chi connectivity index (χ0v) is 24.5. The molecule has 0 aliphatic heterocycles. The molecule has 14 heteroatoms. The minimum Gasteiger partial charge on any atom is -0.352 e. The van der Waals surface area contributed by atoms with Crippen LogP contribution in [0.1, 0.15) is 12.2 Å². The topological polar surface area (TPSA) is 110 Å². The lowest BCUT2D eigenvalue weighted by Crippen LogP contribution is -2.20. The van der Waals surface area contributed by atoms with Crippen molar-refractivity contribution in [3.63, 3.8) is 0 Å². The van der Waals surface area contributed by atoms with Crippen molar-refractivity contribution < 1.29 is 13.4 Å². The minimum atomic E-state index is -1.28. The predicted octanol–water partition coefficient (Wildman–Crippen LogP) is 4.70. The van der Waals surface area contributed by atoms with E-state index in [4.69, 9.17) is 4.98 Å². The molecule has 10 nitrogen and oxygen atoms in total. The molecule has 2 N–H and O–H groups in total. The Morgan fingerprint density at radius 1 is 1.27 bits per heavy atom. The molecule has 1 aromatic carbocycles. The fourth-order valence-corrected chi connectivity index (χ4v) is 6.57. The zero-order valence-electron chi connectivity index (χ0n) is 20.5. The largest absolute Gasteiger partial charge is 0.352 e. The number of hydrogen-bond acceptors (Lipinski definition) is 6. The van der Waals surface area contributed by atoms with Gasteiger partial charge in [-0.15, -0.1) is 0 Å². The highest BCUT2D eigenvalue weighted by Crippen LogP contribution is 2.39. The van der Waals surface area contributed by atoms with E-state index in [1.165, 1.54) is 0 Å². The van der Waals surface area contributed by atoms with E-state index in [0.29, 0.717) is 40.4 Å². The van der Waals surface area contributed by atoms with Crippen molar-refractivity contribution in [2.75, 3.05) is 28.2 Å². The van der Waals surface area contributed by atoms with E-state index in [1.54, 1.807) is 34.6 Å². The molecule has 4 unspecified atom stereocenters. The lowest BCUT2D eigenvalue weighted by molar-refractivity contribution is -0.117. The Hall–Kier alpha value is -2.64. The summed E-state index contributed by atoms with van der Waals surface area (Å²) in [5.41, 5.74) is 5.14. The van der Waals surface area contributed by atoms with Gasteiger partial charge in [0.15, 0.2) is 5.65 Å². The van der Waals surface area contributed by atoms with Crippen LogP contribution < -0.4 is 14.9 Å². The third-order valence-corrected chi connectivity index (χ3v) is 9.32. The molecule has 1 aliphatic carbocycles. The van der Waals surface area contributed by atoms with Crippen LogP contribution in [0.2, 0.25) is 0 Å². The first-order chi connectivity index (χ1) is 17.7. The maximum atomic E-state index is 13.5. The molecule has 1 amide bonds. The number of nitrogens with one attached hydrogen (secondary N) is 2. The Labute approximate surface area is 230 Å². The molecule has 3 aromatic heterocycles. The second-order valence-electron chi connectivity index (χ2n) is 8.83. The number of aryl methyl sites for hydroxylation is 2. The monoisotopic (exact) mass is 654 g/mol. The summed E-state index contributed by atoms with van der Waals surface area (Å²) in [7, 11) is 2.33. The van der Waals surface area contributed by atoms with E-state index in [9.17, 15) is 13.4 Å². The normalized spacial score (nSPS) is 17.9. The van der Waals surface area contributed by atoms with Crippen molar-refractivity contribution >= 4 is 79.4 Å². The quantitative estimate of drug-likeness (QED) is 0.211. The van der Waals surface area contributed by atoms with Gasteiger partial charge in [0.05, 0.1) is 35.6 Å². The van der Waals surface area contributed by atoms with Crippen LogP contribution in [0.5, 0.6) is 0 Å². The Balaban J connectivity index is 1.59. The van der Waals surface area contributed by atoms with Crippen LogP contribution in [-0.4, -0.2) is 53.7 Å². The molecule has 4 aromatic rings. The second-order valence-corrected chi connectivity index (χ2v) is 12.3. The van der Waals surface area contributed by atoms with Crippen LogP contribution in [0.3, 0.4) is 0 Å². The molecular weight excluding hydrogens is 629 g/mol. The van der Waals surface area contributed by atoms with Crippen molar-refractivity contribution in [3.8, 4) is 11.1 Å². The summed E-state index contributed by atoms with van der Waals surface area (Å²) in [5.74, 6) is 0.0852. The summed E-state index contributed by atoms with van der Waals surface area (Å²) >= 11 is 2.26. The maximum Gasteiger partial charge on any atom is 0.231 e. The lowest BCUT2D eigenvalue weighted by Gasteiger charge is -2.21. The number of benzene rings is 1. The number of carbonyl (C=O) groups excluding carboxylic acids is 1. The average Bonchev–Trinajstić information content (AvgIpc) is 3.28. The lowest BCUT2D eigenvalue weighted by atomic mass is 10.1. The SMILES string of the molecule is Cc1nc2c(Nc3ccc(-c4cnn(C)c4)cc3N(C)S(C)=O)cc(NC(=O)C3CC3F)nc2n1PI. The van der Waals surface area contributed by atoms with Crippen molar-refractivity contribution in [2.45, 2.75) is 19.5 Å². The fraction of sp³-hybridized carbons (Fsp3) is 0.304. The van der Waals surface area contributed by atoms with Gasteiger partial charge in [-0.3, -0.25) is 18.1 Å². The van der Waals surface area contributed by atoms with E-state index in [1.807, 2.05) is 42.7 Å². The zero-order chi connectivity index (χ0) is 26.4. The Morgan fingerprint density at radius 3 is 2.65 bits per heavy atom. The van der Waals surface area contributed by atoms with Gasteiger partial charge in [0.25, 0.3) is 0 Å². The standard InChI is InChI=1S/C23H25FIN8O2PS/c1-12-27-21-18(9-20(29-22(21)33(12)36-25)30-23(34)15-8-16(15)24)28-17-6-5-13(14-10-26-31(2)11-14)7-19(17)32(3)37(4)35/h5-7,9-11,15-16,36H,8H2,1-4H3,(H2,28,29,30,34). The highest BCUT2D eigenvalue weighted by molar-refractivity contribution is 14.2. The third kappa shape index (κ3) is 5.21. The first kappa shape index (κ1) is 26.0.